The molecule has 5 nitrogen and oxygen atoms in total. The number of amides is 1. The standard InChI is InChI=1S/C11H22N2O3/c12-10(9-2-3-9)8-11(15)13-4-1-6-16-7-5-14/h9-10,14H,1-8,12H2,(H,13,15). The van der Waals surface area contributed by atoms with Crippen molar-refractivity contribution >= 4 is 5.91 Å². The predicted molar refractivity (Wildman–Crippen MR) is 60.8 cm³/mol. The zero-order valence-corrected chi connectivity index (χ0v) is 9.65. The molecule has 1 rings (SSSR count). The summed E-state index contributed by atoms with van der Waals surface area (Å²) in [6.07, 6.45) is 3.54. The van der Waals surface area contributed by atoms with E-state index < -0.39 is 0 Å². The quantitative estimate of drug-likeness (QED) is 0.472. The largest absolute Gasteiger partial charge is 0.394 e. The van der Waals surface area contributed by atoms with Crippen LogP contribution in [-0.2, 0) is 9.53 Å². The molecule has 1 aliphatic rings. The van der Waals surface area contributed by atoms with Crippen LogP contribution in [0.4, 0.5) is 0 Å². The van der Waals surface area contributed by atoms with Crippen LogP contribution >= 0.6 is 0 Å². The maximum atomic E-state index is 11.4. The van der Waals surface area contributed by atoms with E-state index in [9.17, 15) is 4.79 Å². The lowest BCUT2D eigenvalue weighted by molar-refractivity contribution is -0.121. The van der Waals surface area contributed by atoms with Crippen molar-refractivity contribution in [3.8, 4) is 0 Å². The highest BCUT2D eigenvalue weighted by atomic mass is 16.5. The van der Waals surface area contributed by atoms with Crippen LogP contribution in [0.15, 0.2) is 0 Å². The molecule has 1 fully saturated rings. The SMILES string of the molecule is NC(CC(=O)NCCCOCCO)C1CC1. The summed E-state index contributed by atoms with van der Waals surface area (Å²) >= 11 is 0. The van der Waals surface area contributed by atoms with E-state index >= 15 is 0 Å². The third kappa shape index (κ3) is 6.05. The molecular weight excluding hydrogens is 208 g/mol. The normalized spacial score (nSPS) is 17.1. The number of aliphatic hydroxyl groups is 1. The third-order valence-corrected chi connectivity index (χ3v) is 2.67. The number of ether oxygens (including phenoxy) is 1. The summed E-state index contributed by atoms with van der Waals surface area (Å²) in [6.45, 7) is 1.58. The molecule has 0 bridgehead atoms. The molecule has 0 aromatic heterocycles. The predicted octanol–water partition coefficient (Wildman–Crippen LogP) is -0.371. The molecule has 0 saturated heterocycles. The Balaban J connectivity index is 1.89. The van der Waals surface area contributed by atoms with Gasteiger partial charge in [0.1, 0.15) is 0 Å². The Labute approximate surface area is 96.3 Å². The lowest BCUT2D eigenvalue weighted by Gasteiger charge is -2.10. The van der Waals surface area contributed by atoms with E-state index in [-0.39, 0.29) is 18.6 Å². The number of carbonyl (C=O) groups is 1. The van der Waals surface area contributed by atoms with Crippen LogP contribution in [0.1, 0.15) is 25.7 Å². The zero-order valence-electron chi connectivity index (χ0n) is 9.65. The Morgan fingerprint density at radius 1 is 1.50 bits per heavy atom. The van der Waals surface area contributed by atoms with Gasteiger partial charge in [-0.15, -0.1) is 0 Å². The summed E-state index contributed by atoms with van der Waals surface area (Å²) < 4.78 is 5.07. The number of hydrogen-bond donors (Lipinski definition) is 3. The summed E-state index contributed by atoms with van der Waals surface area (Å²) in [5.41, 5.74) is 5.84. The van der Waals surface area contributed by atoms with Gasteiger partial charge in [-0.3, -0.25) is 4.79 Å². The first-order valence-corrected chi connectivity index (χ1v) is 5.95. The van der Waals surface area contributed by atoms with Gasteiger partial charge in [-0.25, -0.2) is 0 Å². The first-order chi connectivity index (χ1) is 7.74. The fourth-order valence-electron chi connectivity index (χ4n) is 1.55. The Morgan fingerprint density at radius 2 is 2.25 bits per heavy atom. The fourth-order valence-corrected chi connectivity index (χ4v) is 1.55. The average Bonchev–Trinajstić information content (AvgIpc) is 3.06. The van der Waals surface area contributed by atoms with Crippen LogP contribution in [-0.4, -0.2) is 43.4 Å². The lowest BCUT2D eigenvalue weighted by Crippen LogP contribution is -2.33. The molecule has 0 radical (unpaired) electrons. The maximum Gasteiger partial charge on any atom is 0.221 e. The van der Waals surface area contributed by atoms with Gasteiger partial charge in [0, 0.05) is 25.6 Å². The van der Waals surface area contributed by atoms with Crippen LogP contribution in [0.5, 0.6) is 0 Å². The Kier molecular flexibility index (Phi) is 6.37. The van der Waals surface area contributed by atoms with Gasteiger partial charge in [0.15, 0.2) is 0 Å². The molecule has 4 N–H and O–H groups in total. The molecule has 16 heavy (non-hydrogen) atoms. The van der Waals surface area contributed by atoms with E-state index in [0.29, 0.717) is 32.1 Å². The van der Waals surface area contributed by atoms with Gasteiger partial charge in [0.2, 0.25) is 5.91 Å². The second kappa shape index (κ2) is 7.60. The Morgan fingerprint density at radius 3 is 2.88 bits per heavy atom. The molecule has 1 amide bonds. The molecule has 1 unspecified atom stereocenters. The van der Waals surface area contributed by atoms with Crippen LogP contribution in [0.3, 0.4) is 0 Å². The monoisotopic (exact) mass is 230 g/mol. The molecule has 1 saturated carbocycles. The maximum absolute atomic E-state index is 11.4. The van der Waals surface area contributed by atoms with E-state index in [4.69, 9.17) is 15.6 Å². The smallest absolute Gasteiger partial charge is 0.221 e. The second-order valence-corrected chi connectivity index (χ2v) is 4.24. The molecule has 5 heteroatoms. The van der Waals surface area contributed by atoms with E-state index in [1.807, 2.05) is 0 Å². The number of aliphatic hydroxyl groups excluding tert-OH is 1. The molecular formula is C11H22N2O3. The van der Waals surface area contributed by atoms with E-state index in [0.717, 1.165) is 6.42 Å². The average molecular weight is 230 g/mol. The summed E-state index contributed by atoms with van der Waals surface area (Å²) in [5.74, 6) is 0.597. The van der Waals surface area contributed by atoms with Crippen molar-refractivity contribution in [3.63, 3.8) is 0 Å². The first kappa shape index (κ1) is 13.4. The second-order valence-electron chi connectivity index (χ2n) is 4.24. The summed E-state index contributed by atoms with van der Waals surface area (Å²) in [6, 6.07) is 0.0330. The summed E-state index contributed by atoms with van der Waals surface area (Å²) in [7, 11) is 0. The van der Waals surface area contributed by atoms with Crippen molar-refractivity contribution in [3.05, 3.63) is 0 Å². The fraction of sp³-hybridized carbons (Fsp3) is 0.909. The molecule has 1 atom stereocenters. The minimum Gasteiger partial charge on any atom is -0.394 e. The van der Waals surface area contributed by atoms with Gasteiger partial charge in [-0.2, -0.15) is 0 Å². The molecule has 0 spiro atoms. The number of carbonyl (C=O) groups excluding carboxylic acids is 1. The van der Waals surface area contributed by atoms with Gasteiger partial charge in [-0.05, 0) is 25.2 Å². The van der Waals surface area contributed by atoms with Gasteiger partial charge in [-0.1, -0.05) is 0 Å². The zero-order chi connectivity index (χ0) is 11.8. The van der Waals surface area contributed by atoms with E-state index in [2.05, 4.69) is 5.32 Å². The molecule has 1 aliphatic carbocycles. The molecule has 0 heterocycles. The number of nitrogens with two attached hydrogens (primary N) is 1. The van der Waals surface area contributed by atoms with Crippen LogP contribution in [0.25, 0.3) is 0 Å². The highest BCUT2D eigenvalue weighted by Gasteiger charge is 2.29. The molecule has 94 valence electrons. The van der Waals surface area contributed by atoms with Crippen molar-refractivity contribution < 1.29 is 14.6 Å². The minimum atomic E-state index is 0.0292. The summed E-state index contributed by atoms with van der Waals surface area (Å²) in [4.78, 5) is 11.4. The highest BCUT2D eigenvalue weighted by Crippen LogP contribution is 2.32. The van der Waals surface area contributed by atoms with Crippen molar-refractivity contribution in [2.45, 2.75) is 31.7 Å². The third-order valence-electron chi connectivity index (χ3n) is 2.67. The van der Waals surface area contributed by atoms with Crippen LogP contribution in [0.2, 0.25) is 0 Å². The molecule has 0 aromatic rings. The molecule has 0 aliphatic heterocycles. The topological polar surface area (TPSA) is 84.6 Å². The van der Waals surface area contributed by atoms with Crippen molar-refractivity contribution in [2.75, 3.05) is 26.4 Å². The van der Waals surface area contributed by atoms with Crippen LogP contribution < -0.4 is 11.1 Å². The van der Waals surface area contributed by atoms with E-state index in [1.54, 1.807) is 0 Å². The molecule has 0 aromatic carbocycles. The Hall–Kier alpha value is -0.650. The van der Waals surface area contributed by atoms with Gasteiger partial charge in [0.05, 0.1) is 13.2 Å². The number of rotatable bonds is 9. The number of nitrogens with one attached hydrogen (secondary N) is 1. The minimum absolute atomic E-state index is 0.0292. The Bertz CT molecular complexity index is 207. The first-order valence-electron chi connectivity index (χ1n) is 5.95. The van der Waals surface area contributed by atoms with Crippen molar-refractivity contribution in [1.82, 2.24) is 5.32 Å². The summed E-state index contributed by atoms with van der Waals surface area (Å²) in [5, 5.41) is 11.3. The number of hydrogen-bond acceptors (Lipinski definition) is 4. The van der Waals surface area contributed by atoms with Gasteiger partial charge < -0.3 is 20.9 Å². The van der Waals surface area contributed by atoms with Gasteiger partial charge in [0.25, 0.3) is 0 Å². The van der Waals surface area contributed by atoms with Crippen molar-refractivity contribution in [2.24, 2.45) is 11.7 Å². The van der Waals surface area contributed by atoms with Crippen LogP contribution in [0, 0.1) is 5.92 Å². The van der Waals surface area contributed by atoms with Crippen molar-refractivity contribution in [1.29, 1.82) is 0 Å². The lowest BCUT2D eigenvalue weighted by atomic mass is 10.1. The van der Waals surface area contributed by atoms with E-state index in [1.165, 1.54) is 12.8 Å². The van der Waals surface area contributed by atoms with Gasteiger partial charge >= 0.3 is 0 Å². The highest BCUT2D eigenvalue weighted by molar-refractivity contribution is 5.76.